The van der Waals surface area contributed by atoms with Crippen LogP contribution < -0.4 is 0 Å². The van der Waals surface area contributed by atoms with Gasteiger partial charge in [-0.05, 0) is 39.3 Å². The number of rotatable bonds is 5. The predicted octanol–water partition coefficient (Wildman–Crippen LogP) is 1.91. The summed E-state index contributed by atoms with van der Waals surface area (Å²) in [5, 5.41) is 9.15. The maximum Gasteiger partial charge on any atom is 0.410 e. The normalized spacial score (nSPS) is 11.0. The van der Waals surface area contributed by atoms with Crippen molar-refractivity contribution in [3.05, 3.63) is 29.1 Å². The highest BCUT2D eigenvalue weighted by molar-refractivity contribution is 5.87. The van der Waals surface area contributed by atoms with Crippen LogP contribution in [0.15, 0.2) is 12.1 Å². The third kappa shape index (κ3) is 5.86. The van der Waals surface area contributed by atoms with E-state index in [1.165, 1.54) is 12.0 Å². The molecular formula is C16H24N2O5. The lowest BCUT2D eigenvalue weighted by Gasteiger charge is -2.27. The van der Waals surface area contributed by atoms with Gasteiger partial charge < -0.3 is 19.5 Å². The van der Waals surface area contributed by atoms with Crippen molar-refractivity contribution in [3.63, 3.8) is 0 Å². The van der Waals surface area contributed by atoms with E-state index < -0.39 is 17.7 Å². The number of carbonyl (C=O) groups is 2. The molecule has 0 spiro atoms. The third-order valence-electron chi connectivity index (χ3n) is 2.97. The fourth-order valence-electron chi connectivity index (χ4n) is 1.86. The first-order valence-corrected chi connectivity index (χ1v) is 7.31. The average Bonchev–Trinajstić information content (AvgIpc) is 2.45. The molecule has 1 rings (SSSR count). The molecule has 0 aliphatic heterocycles. The molecule has 7 heteroatoms. The molecule has 0 saturated heterocycles. The molecule has 23 heavy (non-hydrogen) atoms. The molecule has 1 aromatic rings. The van der Waals surface area contributed by atoms with Crippen LogP contribution >= 0.6 is 0 Å². The van der Waals surface area contributed by atoms with Gasteiger partial charge in [-0.1, -0.05) is 6.07 Å². The zero-order chi connectivity index (χ0) is 17.6. The van der Waals surface area contributed by atoms with E-state index in [2.05, 4.69) is 9.72 Å². The second kappa shape index (κ2) is 7.92. The topological polar surface area (TPSA) is 89.0 Å². The van der Waals surface area contributed by atoms with Gasteiger partial charge in [-0.25, -0.2) is 14.6 Å². The van der Waals surface area contributed by atoms with E-state index in [9.17, 15) is 9.59 Å². The highest BCUT2D eigenvalue weighted by Gasteiger charge is 2.22. The number of hydrogen-bond donors (Lipinski definition) is 1. The maximum absolute atomic E-state index is 12.2. The Hall–Kier alpha value is -2.15. The van der Waals surface area contributed by atoms with Crippen LogP contribution in [0.5, 0.6) is 0 Å². The summed E-state index contributed by atoms with van der Waals surface area (Å²) < 4.78 is 9.95. The molecule has 0 unspecified atom stereocenters. The van der Waals surface area contributed by atoms with Gasteiger partial charge in [0.05, 0.1) is 20.3 Å². The molecule has 0 atom stereocenters. The van der Waals surface area contributed by atoms with Crippen LogP contribution in [0.2, 0.25) is 0 Å². The number of methoxy groups -OCH3 is 1. The Kier molecular flexibility index (Phi) is 6.50. The summed E-state index contributed by atoms with van der Waals surface area (Å²) in [6.45, 7) is 7.28. The van der Waals surface area contributed by atoms with Crippen LogP contribution in [-0.4, -0.2) is 52.9 Å². The van der Waals surface area contributed by atoms with E-state index in [1.54, 1.807) is 39.8 Å². The van der Waals surface area contributed by atoms with Crippen LogP contribution in [0.1, 0.15) is 42.5 Å². The minimum Gasteiger partial charge on any atom is -0.464 e. The van der Waals surface area contributed by atoms with Crippen LogP contribution in [0.4, 0.5) is 4.79 Å². The summed E-state index contributed by atoms with van der Waals surface area (Å²) in [6, 6.07) is 3.25. The summed E-state index contributed by atoms with van der Waals surface area (Å²) in [4.78, 5) is 29.2. The zero-order valence-corrected chi connectivity index (χ0v) is 14.3. The number of carbonyl (C=O) groups excluding carboxylic acids is 2. The molecule has 0 bridgehead atoms. The highest BCUT2D eigenvalue weighted by Crippen LogP contribution is 2.15. The van der Waals surface area contributed by atoms with Gasteiger partial charge >= 0.3 is 12.1 Å². The van der Waals surface area contributed by atoms with Crippen LogP contribution in [0.3, 0.4) is 0 Å². The number of aliphatic hydroxyl groups excluding tert-OH is 1. The molecule has 1 heterocycles. The van der Waals surface area contributed by atoms with Gasteiger partial charge in [0, 0.05) is 12.2 Å². The molecule has 1 aromatic heterocycles. The van der Waals surface area contributed by atoms with Crippen LogP contribution in [0.25, 0.3) is 0 Å². The lowest BCUT2D eigenvalue weighted by molar-refractivity contribution is 0.0201. The molecule has 7 nitrogen and oxygen atoms in total. The first-order valence-electron chi connectivity index (χ1n) is 7.31. The van der Waals surface area contributed by atoms with Gasteiger partial charge in [0.15, 0.2) is 0 Å². The van der Waals surface area contributed by atoms with Crippen molar-refractivity contribution in [3.8, 4) is 0 Å². The predicted molar refractivity (Wildman–Crippen MR) is 84.0 cm³/mol. The maximum atomic E-state index is 12.2. The van der Waals surface area contributed by atoms with Crippen molar-refractivity contribution < 1.29 is 24.2 Å². The quantitative estimate of drug-likeness (QED) is 0.832. The molecule has 0 saturated carbocycles. The number of amides is 1. The number of aryl methyl sites for hydroxylation is 1. The van der Waals surface area contributed by atoms with Crippen molar-refractivity contribution in [1.29, 1.82) is 0 Å². The van der Waals surface area contributed by atoms with Crippen molar-refractivity contribution in [2.24, 2.45) is 0 Å². The molecule has 0 radical (unpaired) electrons. The molecule has 128 valence electrons. The second-order valence-electron chi connectivity index (χ2n) is 6.06. The Morgan fingerprint density at radius 3 is 2.43 bits per heavy atom. The Labute approximate surface area is 136 Å². The Morgan fingerprint density at radius 2 is 1.96 bits per heavy atom. The van der Waals surface area contributed by atoms with E-state index in [0.717, 1.165) is 5.56 Å². The summed E-state index contributed by atoms with van der Waals surface area (Å²) in [7, 11) is 1.29. The minimum atomic E-state index is -0.618. The highest BCUT2D eigenvalue weighted by atomic mass is 16.6. The van der Waals surface area contributed by atoms with Crippen molar-refractivity contribution in [2.75, 3.05) is 20.3 Å². The van der Waals surface area contributed by atoms with Gasteiger partial charge in [0.25, 0.3) is 0 Å². The van der Waals surface area contributed by atoms with Gasteiger partial charge in [-0.3, -0.25) is 0 Å². The monoisotopic (exact) mass is 324 g/mol. The molecule has 0 aliphatic rings. The van der Waals surface area contributed by atoms with Crippen molar-refractivity contribution >= 4 is 12.1 Å². The smallest absolute Gasteiger partial charge is 0.410 e. The van der Waals surface area contributed by atoms with Gasteiger partial charge in [-0.2, -0.15) is 0 Å². The lowest BCUT2D eigenvalue weighted by Crippen LogP contribution is -2.38. The van der Waals surface area contributed by atoms with E-state index in [-0.39, 0.29) is 25.4 Å². The number of nitrogens with zero attached hydrogens (tertiary/aromatic N) is 2. The fourth-order valence-corrected chi connectivity index (χ4v) is 1.86. The zero-order valence-electron chi connectivity index (χ0n) is 14.3. The SMILES string of the molecule is COC(=O)c1ccc(CN(CCO)C(=O)OC(C)(C)C)c(C)n1. The minimum absolute atomic E-state index is 0.146. The number of hydrogen-bond acceptors (Lipinski definition) is 6. The van der Waals surface area contributed by atoms with Crippen molar-refractivity contribution in [1.82, 2.24) is 9.88 Å². The molecule has 1 amide bonds. The average molecular weight is 324 g/mol. The van der Waals surface area contributed by atoms with Gasteiger partial charge in [0.2, 0.25) is 0 Å². The third-order valence-corrected chi connectivity index (χ3v) is 2.97. The van der Waals surface area contributed by atoms with Crippen molar-refractivity contribution in [2.45, 2.75) is 39.8 Å². The molecule has 0 aromatic carbocycles. The van der Waals surface area contributed by atoms with Gasteiger partial charge in [0.1, 0.15) is 11.3 Å². The number of ether oxygens (including phenoxy) is 2. The molecule has 0 aliphatic carbocycles. The van der Waals surface area contributed by atoms with Crippen LogP contribution in [0, 0.1) is 6.92 Å². The summed E-state index contributed by atoms with van der Waals surface area (Å²) in [6.07, 6.45) is -0.511. The van der Waals surface area contributed by atoms with E-state index in [4.69, 9.17) is 9.84 Å². The second-order valence-corrected chi connectivity index (χ2v) is 6.06. The number of esters is 1. The first kappa shape index (κ1) is 18.9. The number of aliphatic hydroxyl groups is 1. The van der Waals surface area contributed by atoms with E-state index >= 15 is 0 Å². The largest absolute Gasteiger partial charge is 0.464 e. The first-order chi connectivity index (χ1) is 10.7. The Bertz CT molecular complexity index is 566. The fraction of sp³-hybridized carbons (Fsp3) is 0.562. The standard InChI is InChI=1S/C16H24N2O5/c1-11-12(6-7-13(17-11)14(20)22-5)10-18(8-9-19)15(21)23-16(2,3)4/h6-7,19H,8-10H2,1-5H3. The van der Waals surface area contributed by atoms with E-state index in [1.807, 2.05) is 0 Å². The molecule has 1 N–H and O–H groups in total. The lowest BCUT2D eigenvalue weighted by atomic mass is 10.1. The molecule has 0 fully saturated rings. The summed E-state index contributed by atoms with van der Waals surface area (Å²) in [5.74, 6) is -0.515. The van der Waals surface area contributed by atoms with Gasteiger partial charge in [-0.15, -0.1) is 0 Å². The summed E-state index contributed by atoms with van der Waals surface area (Å²) >= 11 is 0. The van der Waals surface area contributed by atoms with Crippen LogP contribution in [-0.2, 0) is 16.0 Å². The molecular weight excluding hydrogens is 300 g/mol. The number of pyridine rings is 1. The Balaban J connectivity index is 2.92. The summed E-state index contributed by atoms with van der Waals surface area (Å²) in [5.41, 5.74) is 0.961. The number of aromatic nitrogens is 1. The Morgan fingerprint density at radius 1 is 1.30 bits per heavy atom. The van der Waals surface area contributed by atoms with E-state index in [0.29, 0.717) is 5.69 Å².